The lowest BCUT2D eigenvalue weighted by atomic mass is 9.99. The molecule has 2 heterocycles. The molecule has 2 fully saturated rings. The molecule has 2 saturated heterocycles. The summed E-state index contributed by atoms with van der Waals surface area (Å²) in [7, 11) is 0. The maximum absolute atomic E-state index is 12.9. The van der Waals surface area contributed by atoms with Crippen molar-refractivity contribution in [3.63, 3.8) is 0 Å². The summed E-state index contributed by atoms with van der Waals surface area (Å²) < 4.78 is 38.8. The lowest BCUT2D eigenvalue weighted by Gasteiger charge is -2.29. The Labute approximate surface area is 127 Å². The van der Waals surface area contributed by atoms with E-state index in [1.807, 2.05) is 0 Å². The molecule has 0 saturated carbocycles. The number of nitrogens with one attached hydrogen (secondary N) is 2. The third kappa shape index (κ3) is 3.43. The average Bonchev–Trinajstić information content (AvgIpc) is 2.77. The quantitative estimate of drug-likeness (QED) is 0.901. The molecule has 0 aliphatic carbocycles. The van der Waals surface area contributed by atoms with Crippen molar-refractivity contribution in [3.8, 4) is 0 Å². The third-order valence-corrected chi connectivity index (χ3v) is 4.51. The molecule has 3 nitrogen and oxygen atoms in total. The fourth-order valence-corrected chi connectivity index (χ4v) is 3.58. The molecule has 22 heavy (non-hydrogen) atoms. The van der Waals surface area contributed by atoms with Crippen LogP contribution in [-0.4, -0.2) is 24.0 Å². The molecule has 1 aromatic rings. The zero-order valence-corrected chi connectivity index (χ0v) is 12.1. The zero-order valence-electron chi connectivity index (χ0n) is 12.1. The van der Waals surface area contributed by atoms with Crippen molar-refractivity contribution < 1.29 is 18.0 Å². The van der Waals surface area contributed by atoms with Crippen molar-refractivity contribution in [2.45, 2.75) is 56.4 Å². The van der Waals surface area contributed by atoms with E-state index in [1.165, 1.54) is 18.2 Å². The highest BCUT2D eigenvalue weighted by molar-refractivity contribution is 5.79. The largest absolute Gasteiger partial charge is 0.416 e. The van der Waals surface area contributed by atoms with Gasteiger partial charge < -0.3 is 10.6 Å². The number of piperidine rings is 1. The van der Waals surface area contributed by atoms with Crippen molar-refractivity contribution >= 4 is 5.91 Å². The van der Waals surface area contributed by atoms with Gasteiger partial charge in [0, 0.05) is 18.1 Å². The first-order chi connectivity index (χ1) is 10.4. The van der Waals surface area contributed by atoms with Crippen LogP contribution in [0.15, 0.2) is 24.3 Å². The fourth-order valence-electron chi connectivity index (χ4n) is 3.58. The van der Waals surface area contributed by atoms with E-state index in [0.29, 0.717) is 12.1 Å². The molecule has 0 spiro atoms. The maximum atomic E-state index is 12.9. The summed E-state index contributed by atoms with van der Waals surface area (Å²) in [6, 6.07) is 6.21. The Bertz CT molecular complexity index is 547. The minimum atomic E-state index is -4.43. The van der Waals surface area contributed by atoms with Crippen LogP contribution in [0, 0.1) is 0 Å². The van der Waals surface area contributed by atoms with E-state index >= 15 is 0 Å². The standard InChI is InChI=1S/C16H19F3N2O/c17-16(18,19)14-4-2-1-3-10(14)7-15(22)21-13-8-11-5-6-12(9-13)20-11/h1-4,11-13,20H,5-9H2,(H,21,22). The SMILES string of the molecule is O=C(Cc1ccccc1C(F)(F)F)NC1CC2CCC(C1)N2. The molecule has 6 heteroatoms. The number of benzene rings is 1. The molecule has 2 aliphatic heterocycles. The van der Waals surface area contributed by atoms with E-state index in [2.05, 4.69) is 10.6 Å². The normalized spacial score (nSPS) is 27.7. The predicted molar refractivity (Wildman–Crippen MR) is 76.3 cm³/mol. The third-order valence-electron chi connectivity index (χ3n) is 4.51. The van der Waals surface area contributed by atoms with Gasteiger partial charge in [0.1, 0.15) is 0 Å². The van der Waals surface area contributed by atoms with E-state index in [4.69, 9.17) is 0 Å². The molecule has 2 aliphatic rings. The summed E-state index contributed by atoms with van der Waals surface area (Å²) in [5.41, 5.74) is -0.695. The smallest absolute Gasteiger partial charge is 0.353 e. The van der Waals surface area contributed by atoms with Gasteiger partial charge in [0.15, 0.2) is 0 Å². The Morgan fingerprint density at radius 1 is 1.18 bits per heavy atom. The number of halogens is 3. The highest BCUT2D eigenvalue weighted by atomic mass is 19.4. The van der Waals surface area contributed by atoms with Crippen molar-refractivity contribution in [2.75, 3.05) is 0 Å². The van der Waals surface area contributed by atoms with Crippen LogP contribution < -0.4 is 10.6 Å². The summed E-state index contributed by atoms with van der Waals surface area (Å²) in [6.07, 6.45) is -0.687. The summed E-state index contributed by atoms with van der Waals surface area (Å²) >= 11 is 0. The van der Waals surface area contributed by atoms with Gasteiger partial charge in [-0.1, -0.05) is 18.2 Å². The van der Waals surface area contributed by atoms with Crippen molar-refractivity contribution in [1.29, 1.82) is 0 Å². The molecule has 3 rings (SSSR count). The molecule has 120 valence electrons. The van der Waals surface area contributed by atoms with Gasteiger partial charge in [0.2, 0.25) is 5.91 Å². The Balaban J connectivity index is 1.63. The Hall–Kier alpha value is -1.56. The molecule has 2 bridgehead atoms. The van der Waals surface area contributed by atoms with Crippen LogP contribution in [0.2, 0.25) is 0 Å². The number of hydrogen-bond donors (Lipinski definition) is 2. The lowest BCUT2D eigenvalue weighted by molar-refractivity contribution is -0.138. The van der Waals surface area contributed by atoms with Crippen LogP contribution in [0.3, 0.4) is 0 Å². The van der Waals surface area contributed by atoms with Crippen molar-refractivity contribution in [2.24, 2.45) is 0 Å². The molecule has 2 atom stereocenters. The molecule has 0 radical (unpaired) electrons. The van der Waals surface area contributed by atoms with Crippen LogP contribution in [0.4, 0.5) is 13.2 Å². The predicted octanol–water partition coefficient (Wildman–Crippen LogP) is 2.65. The van der Waals surface area contributed by atoms with E-state index in [9.17, 15) is 18.0 Å². The Morgan fingerprint density at radius 3 is 2.45 bits per heavy atom. The van der Waals surface area contributed by atoms with E-state index < -0.39 is 11.7 Å². The Morgan fingerprint density at radius 2 is 1.82 bits per heavy atom. The van der Waals surface area contributed by atoms with Gasteiger partial charge in [-0.25, -0.2) is 0 Å². The van der Waals surface area contributed by atoms with Crippen LogP contribution in [0.1, 0.15) is 36.8 Å². The van der Waals surface area contributed by atoms with Crippen LogP contribution in [0.25, 0.3) is 0 Å². The van der Waals surface area contributed by atoms with Crippen molar-refractivity contribution in [1.82, 2.24) is 10.6 Å². The molecular formula is C16H19F3N2O. The highest BCUT2D eigenvalue weighted by Crippen LogP contribution is 2.32. The average molecular weight is 312 g/mol. The second kappa shape index (κ2) is 5.91. The van der Waals surface area contributed by atoms with Crippen LogP contribution in [-0.2, 0) is 17.4 Å². The molecule has 2 N–H and O–H groups in total. The number of rotatable bonds is 3. The molecule has 1 aromatic carbocycles. The number of fused-ring (bicyclic) bond motifs is 2. The summed E-state index contributed by atoms with van der Waals surface area (Å²) in [5, 5.41) is 6.37. The second-order valence-electron chi connectivity index (χ2n) is 6.21. The summed E-state index contributed by atoms with van der Waals surface area (Å²) in [4.78, 5) is 12.1. The van der Waals surface area contributed by atoms with Gasteiger partial charge in [-0.15, -0.1) is 0 Å². The first-order valence-corrected chi connectivity index (χ1v) is 7.62. The highest BCUT2D eigenvalue weighted by Gasteiger charge is 2.35. The number of carbonyl (C=O) groups is 1. The topological polar surface area (TPSA) is 41.1 Å². The van der Waals surface area contributed by atoms with Gasteiger partial charge in [0.25, 0.3) is 0 Å². The summed E-state index contributed by atoms with van der Waals surface area (Å²) in [6.45, 7) is 0. The van der Waals surface area contributed by atoms with Crippen molar-refractivity contribution in [3.05, 3.63) is 35.4 Å². The lowest BCUT2D eigenvalue weighted by Crippen LogP contribution is -2.48. The number of carbonyl (C=O) groups excluding carboxylic acids is 1. The molecule has 2 unspecified atom stereocenters. The van der Waals surface area contributed by atoms with E-state index in [1.54, 1.807) is 0 Å². The van der Waals surface area contributed by atoms with Crippen LogP contribution >= 0.6 is 0 Å². The minimum absolute atomic E-state index is 0.0319. The first kappa shape index (κ1) is 15.3. The first-order valence-electron chi connectivity index (χ1n) is 7.62. The number of alkyl halides is 3. The number of hydrogen-bond acceptors (Lipinski definition) is 2. The monoisotopic (exact) mass is 312 g/mol. The molecular weight excluding hydrogens is 293 g/mol. The summed E-state index contributed by atoms with van der Waals surface area (Å²) in [5.74, 6) is -0.331. The van der Waals surface area contributed by atoms with Gasteiger partial charge in [0.05, 0.1) is 12.0 Å². The second-order valence-corrected chi connectivity index (χ2v) is 6.21. The van der Waals surface area contributed by atoms with Crippen LogP contribution in [0.5, 0.6) is 0 Å². The molecule has 1 amide bonds. The van der Waals surface area contributed by atoms with Gasteiger partial charge in [-0.05, 0) is 37.3 Å². The fraction of sp³-hybridized carbons (Fsp3) is 0.562. The Kier molecular flexibility index (Phi) is 4.12. The van der Waals surface area contributed by atoms with Gasteiger partial charge >= 0.3 is 6.18 Å². The minimum Gasteiger partial charge on any atom is -0.353 e. The van der Waals surface area contributed by atoms with Gasteiger partial charge in [-0.3, -0.25) is 4.79 Å². The van der Waals surface area contributed by atoms with E-state index in [0.717, 1.165) is 31.7 Å². The number of amides is 1. The zero-order chi connectivity index (χ0) is 15.7. The van der Waals surface area contributed by atoms with E-state index in [-0.39, 0.29) is 23.9 Å². The molecule has 0 aromatic heterocycles. The van der Waals surface area contributed by atoms with Gasteiger partial charge in [-0.2, -0.15) is 13.2 Å². The maximum Gasteiger partial charge on any atom is 0.416 e.